The van der Waals surface area contributed by atoms with Crippen molar-refractivity contribution in [1.82, 2.24) is 9.55 Å². The average Bonchev–Trinajstić information content (AvgIpc) is 2.89. The second-order valence-electron chi connectivity index (χ2n) is 5.11. The van der Waals surface area contributed by atoms with Gasteiger partial charge in [-0.2, -0.15) is 0 Å². The first kappa shape index (κ1) is 13.6. The minimum absolute atomic E-state index is 0.192. The summed E-state index contributed by atoms with van der Waals surface area (Å²) in [5.41, 5.74) is 3.41. The van der Waals surface area contributed by atoms with Gasteiger partial charge in [0, 0.05) is 13.5 Å². The molecule has 0 fully saturated rings. The van der Waals surface area contributed by atoms with Crippen molar-refractivity contribution in [3.05, 3.63) is 78.0 Å². The molecule has 21 heavy (non-hydrogen) atoms. The maximum absolute atomic E-state index is 12.9. The number of imidazole rings is 1. The Bertz CT molecular complexity index is 715. The van der Waals surface area contributed by atoms with E-state index >= 15 is 0 Å². The Morgan fingerprint density at radius 2 is 1.67 bits per heavy atom. The zero-order chi connectivity index (χ0) is 14.7. The van der Waals surface area contributed by atoms with Crippen LogP contribution in [0.3, 0.4) is 0 Å². The molecule has 0 spiro atoms. The number of nitrogens with zero attached hydrogens (tertiary/aromatic N) is 2. The number of hydrogen-bond acceptors (Lipinski definition) is 1. The Kier molecular flexibility index (Phi) is 3.82. The number of rotatable bonds is 4. The lowest BCUT2D eigenvalue weighted by atomic mass is 10.1. The summed E-state index contributed by atoms with van der Waals surface area (Å²) in [6.45, 7) is 0. The lowest BCUT2D eigenvalue weighted by Gasteiger charge is -2.06. The van der Waals surface area contributed by atoms with Crippen LogP contribution in [0.5, 0.6) is 0 Å². The van der Waals surface area contributed by atoms with Gasteiger partial charge in [-0.25, -0.2) is 9.37 Å². The molecule has 0 saturated heterocycles. The van der Waals surface area contributed by atoms with Crippen LogP contribution in [0.15, 0.2) is 60.8 Å². The molecule has 0 aliphatic carbocycles. The molecular weight excluding hydrogens is 263 g/mol. The van der Waals surface area contributed by atoms with E-state index in [9.17, 15) is 4.39 Å². The molecule has 2 aromatic carbocycles. The van der Waals surface area contributed by atoms with E-state index in [0.717, 1.165) is 29.9 Å². The third-order valence-electron chi connectivity index (χ3n) is 3.70. The van der Waals surface area contributed by atoms with Crippen LogP contribution >= 0.6 is 0 Å². The quantitative estimate of drug-likeness (QED) is 0.706. The van der Waals surface area contributed by atoms with Gasteiger partial charge < -0.3 is 4.57 Å². The molecule has 0 amide bonds. The van der Waals surface area contributed by atoms with Crippen molar-refractivity contribution in [3.8, 4) is 11.3 Å². The van der Waals surface area contributed by atoms with Crippen molar-refractivity contribution in [1.29, 1.82) is 0 Å². The van der Waals surface area contributed by atoms with Crippen molar-refractivity contribution in [2.45, 2.75) is 12.8 Å². The second-order valence-corrected chi connectivity index (χ2v) is 5.11. The van der Waals surface area contributed by atoms with Gasteiger partial charge in [0.25, 0.3) is 0 Å². The van der Waals surface area contributed by atoms with Crippen LogP contribution in [-0.4, -0.2) is 9.55 Å². The lowest BCUT2D eigenvalue weighted by molar-refractivity contribution is 0.626. The molecule has 3 rings (SSSR count). The molecule has 0 radical (unpaired) electrons. The van der Waals surface area contributed by atoms with Crippen LogP contribution in [0, 0.1) is 5.82 Å². The van der Waals surface area contributed by atoms with Crippen LogP contribution < -0.4 is 0 Å². The normalized spacial score (nSPS) is 10.8. The Balaban J connectivity index is 1.75. The number of halogens is 1. The monoisotopic (exact) mass is 280 g/mol. The summed E-state index contributed by atoms with van der Waals surface area (Å²) >= 11 is 0. The molecule has 3 heteroatoms. The summed E-state index contributed by atoms with van der Waals surface area (Å²) in [6, 6.07) is 16.9. The van der Waals surface area contributed by atoms with Gasteiger partial charge in [0.05, 0.1) is 11.9 Å². The minimum Gasteiger partial charge on any atom is -0.331 e. The SMILES string of the molecule is Cn1c(-c2ccccc2)cnc1CCc1ccc(F)cc1. The highest BCUT2D eigenvalue weighted by Crippen LogP contribution is 2.20. The number of hydrogen-bond donors (Lipinski definition) is 0. The predicted octanol–water partition coefficient (Wildman–Crippen LogP) is 4.01. The zero-order valence-corrected chi connectivity index (χ0v) is 12.0. The minimum atomic E-state index is -0.192. The molecule has 3 aromatic rings. The van der Waals surface area contributed by atoms with E-state index in [-0.39, 0.29) is 5.82 Å². The molecule has 0 bridgehead atoms. The van der Waals surface area contributed by atoms with Crippen LogP contribution in [-0.2, 0) is 19.9 Å². The van der Waals surface area contributed by atoms with Crippen molar-refractivity contribution < 1.29 is 4.39 Å². The fraction of sp³-hybridized carbons (Fsp3) is 0.167. The van der Waals surface area contributed by atoms with E-state index in [4.69, 9.17) is 0 Å². The highest BCUT2D eigenvalue weighted by molar-refractivity contribution is 5.59. The van der Waals surface area contributed by atoms with Gasteiger partial charge in [-0.1, -0.05) is 42.5 Å². The van der Waals surface area contributed by atoms with Gasteiger partial charge in [-0.15, -0.1) is 0 Å². The molecule has 0 aliphatic rings. The number of benzene rings is 2. The molecule has 0 aliphatic heterocycles. The summed E-state index contributed by atoms with van der Waals surface area (Å²) in [6.07, 6.45) is 3.61. The first-order chi connectivity index (χ1) is 10.2. The maximum Gasteiger partial charge on any atom is 0.123 e. The zero-order valence-electron chi connectivity index (χ0n) is 12.0. The van der Waals surface area contributed by atoms with E-state index in [0.29, 0.717) is 0 Å². The highest BCUT2D eigenvalue weighted by atomic mass is 19.1. The molecule has 0 N–H and O–H groups in total. The molecule has 2 nitrogen and oxygen atoms in total. The first-order valence-corrected chi connectivity index (χ1v) is 7.04. The Labute approximate surface area is 123 Å². The fourth-order valence-corrected chi connectivity index (χ4v) is 2.46. The van der Waals surface area contributed by atoms with Gasteiger partial charge >= 0.3 is 0 Å². The van der Waals surface area contributed by atoms with E-state index in [1.54, 1.807) is 0 Å². The molecule has 1 aromatic heterocycles. The highest BCUT2D eigenvalue weighted by Gasteiger charge is 2.08. The van der Waals surface area contributed by atoms with Crippen LogP contribution in [0.25, 0.3) is 11.3 Å². The Hall–Kier alpha value is -2.42. The second kappa shape index (κ2) is 5.92. The third kappa shape index (κ3) is 3.02. The standard InChI is InChI=1S/C18H17FN2/c1-21-17(15-5-3-2-4-6-15)13-20-18(21)12-9-14-7-10-16(19)11-8-14/h2-8,10-11,13H,9,12H2,1H3. The molecule has 0 atom stereocenters. The molecule has 0 saturated carbocycles. The Morgan fingerprint density at radius 1 is 0.952 bits per heavy atom. The van der Waals surface area contributed by atoms with Gasteiger partial charge in [0.1, 0.15) is 11.6 Å². The summed E-state index contributed by atoms with van der Waals surface area (Å²) in [5, 5.41) is 0. The lowest BCUT2D eigenvalue weighted by Crippen LogP contribution is -2.02. The van der Waals surface area contributed by atoms with Gasteiger partial charge in [-0.05, 0) is 29.7 Å². The topological polar surface area (TPSA) is 17.8 Å². The Morgan fingerprint density at radius 3 is 2.38 bits per heavy atom. The summed E-state index contributed by atoms with van der Waals surface area (Å²) in [4.78, 5) is 4.51. The van der Waals surface area contributed by atoms with Crippen LogP contribution in [0.4, 0.5) is 4.39 Å². The third-order valence-corrected chi connectivity index (χ3v) is 3.70. The summed E-state index contributed by atoms with van der Waals surface area (Å²) < 4.78 is 15.0. The van der Waals surface area contributed by atoms with E-state index < -0.39 is 0 Å². The molecule has 106 valence electrons. The van der Waals surface area contributed by atoms with E-state index in [2.05, 4.69) is 21.7 Å². The summed E-state index contributed by atoms with van der Waals surface area (Å²) in [7, 11) is 2.04. The van der Waals surface area contributed by atoms with Crippen molar-refractivity contribution in [3.63, 3.8) is 0 Å². The van der Waals surface area contributed by atoms with Gasteiger partial charge in [-0.3, -0.25) is 0 Å². The van der Waals surface area contributed by atoms with Crippen molar-refractivity contribution in [2.24, 2.45) is 7.05 Å². The van der Waals surface area contributed by atoms with Gasteiger partial charge in [0.15, 0.2) is 0 Å². The first-order valence-electron chi connectivity index (χ1n) is 7.04. The fourth-order valence-electron chi connectivity index (χ4n) is 2.46. The maximum atomic E-state index is 12.9. The molecule has 0 unspecified atom stereocenters. The van der Waals surface area contributed by atoms with Crippen molar-refractivity contribution >= 4 is 0 Å². The van der Waals surface area contributed by atoms with Crippen LogP contribution in [0.1, 0.15) is 11.4 Å². The smallest absolute Gasteiger partial charge is 0.123 e. The van der Waals surface area contributed by atoms with Gasteiger partial charge in [0.2, 0.25) is 0 Å². The van der Waals surface area contributed by atoms with Crippen molar-refractivity contribution in [2.75, 3.05) is 0 Å². The largest absolute Gasteiger partial charge is 0.331 e. The molecule has 1 heterocycles. The predicted molar refractivity (Wildman–Crippen MR) is 82.5 cm³/mol. The van der Waals surface area contributed by atoms with Crippen LogP contribution in [0.2, 0.25) is 0 Å². The molecular formula is C18H17FN2. The summed E-state index contributed by atoms with van der Waals surface area (Å²) in [5.74, 6) is 0.847. The van der Waals surface area contributed by atoms with E-state index in [1.165, 1.54) is 17.7 Å². The number of aryl methyl sites for hydroxylation is 2. The number of aromatic nitrogens is 2. The van der Waals surface area contributed by atoms with E-state index in [1.807, 2.05) is 43.6 Å². The average molecular weight is 280 g/mol.